The molecule has 2 heterocycles. The van der Waals surface area contributed by atoms with E-state index in [1.54, 1.807) is 18.4 Å². The van der Waals surface area contributed by atoms with E-state index in [4.69, 9.17) is 9.72 Å². The predicted octanol–water partition coefficient (Wildman–Crippen LogP) is 6.24. The molecule has 3 aromatic rings. The zero-order valence-electron chi connectivity index (χ0n) is 19.2. The molecule has 1 aliphatic heterocycles. The third kappa shape index (κ3) is 5.97. The van der Waals surface area contributed by atoms with Gasteiger partial charge in [0, 0.05) is 17.0 Å². The smallest absolute Gasteiger partial charge is 0.122 e. The summed E-state index contributed by atoms with van der Waals surface area (Å²) in [5.41, 5.74) is 3.44. The number of piperidine rings is 1. The average molecular weight is 451 g/mol. The Balaban J connectivity index is 1.22. The molecule has 1 saturated heterocycles. The molecule has 1 atom stereocenters. The largest absolute Gasteiger partial charge is 0.497 e. The Labute approximate surface area is 195 Å². The second-order valence-electron chi connectivity index (χ2n) is 8.84. The minimum absolute atomic E-state index is 0.469. The molecule has 2 aromatic carbocycles. The summed E-state index contributed by atoms with van der Waals surface area (Å²) >= 11 is 1.62. The van der Waals surface area contributed by atoms with Crippen LogP contribution >= 0.6 is 11.3 Å². The lowest BCUT2D eigenvalue weighted by Gasteiger charge is -2.32. The molecular weight excluding hydrogens is 416 g/mol. The fourth-order valence-corrected chi connectivity index (χ4v) is 5.54. The number of hydrogen-bond donors (Lipinski definition) is 1. The van der Waals surface area contributed by atoms with Gasteiger partial charge in [0.05, 0.1) is 12.8 Å². The maximum atomic E-state index is 10.7. The van der Waals surface area contributed by atoms with E-state index in [2.05, 4.69) is 42.2 Å². The molecule has 0 amide bonds. The first-order valence-electron chi connectivity index (χ1n) is 11.7. The number of aliphatic hydroxyl groups excluding tert-OH is 1. The van der Waals surface area contributed by atoms with Crippen LogP contribution in [0.3, 0.4) is 0 Å². The van der Waals surface area contributed by atoms with Crippen LogP contribution in [0.2, 0.25) is 0 Å². The van der Waals surface area contributed by atoms with Gasteiger partial charge in [-0.2, -0.15) is 0 Å². The first kappa shape index (κ1) is 23.0. The van der Waals surface area contributed by atoms with E-state index in [1.807, 2.05) is 24.3 Å². The van der Waals surface area contributed by atoms with Crippen molar-refractivity contribution in [1.29, 1.82) is 0 Å². The highest BCUT2D eigenvalue weighted by Crippen LogP contribution is 2.33. The first-order chi connectivity index (χ1) is 15.6. The zero-order valence-corrected chi connectivity index (χ0v) is 20.0. The number of likely N-dealkylation sites (tertiary alicyclic amines) is 1. The molecule has 0 bridgehead atoms. The SMILES string of the molecule is COc1ccc(-c2nc(C(O)CCCC3CCN(Cc4ccccc4)CC3)sc2C)cc1. The van der Waals surface area contributed by atoms with Gasteiger partial charge in [-0.25, -0.2) is 4.98 Å². The van der Waals surface area contributed by atoms with Crippen molar-refractivity contribution in [3.8, 4) is 17.0 Å². The van der Waals surface area contributed by atoms with Crippen LogP contribution in [0.15, 0.2) is 54.6 Å². The van der Waals surface area contributed by atoms with E-state index in [9.17, 15) is 5.11 Å². The van der Waals surface area contributed by atoms with Gasteiger partial charge in [0.15, 0.2) is 0 Å². The average Bonchev–Trinajstić information content (AvgIpc) is 3.22. The quantitative estimate of drug-likeness (QED) is 0.419. The summed E-state index contributed by atoms with van der Waals surface area (Å²) in [6, 6.07) is 18.7. The number of aryl methyl sites for hydroxylation is 1. The molecule has 1 aliphatic rings. The highest BCUT2D eigenvalue weighted by Gasteiger charge is 2.21. The number of hydrogen-bond acceptors (Lipinski definition) is 5. The van der Waals surface area contributed by atoms with Gasteiger partial charge in [0.25, 0.3) is 0 Å². The van der Waals surface area contributed by atoms with Crippen molar-refractivity contribution in [1.82, 2.24) is 9.88 Å². The summed E-state index contributed by atoms with van der Waals surface area (Å²) in [5, 5.41) is 11.6. The number of methoxy groups -OCH3 is 1. The molecule has 0 spiro atoms. The zero-order chi connectivity index (χ0) is 22.3. The molecule has 0 aliphatic carbocycles. The monoisotopic (exact) mass is 450 g/mol. The molecule has 32 heavy (non-hydrogen) atoms. The Morgan fingerprint density at radius 2 is 1.81 bits per heavy atom. The fourth-order valence-electron chi connectivity index (χ4n) is 4.57. The Hall–Kier alpha value is -2.21. The topological polar surface area (TPSA) is 45.6 Å². The first-order valence-corrected chi connectivity index (χ1v) is 12.5. The number of nitrogens with zero attached hydrogens (tertiary/aromatic N) is 2. The molecule has 170 valence electrons. The highest BCUT2D eigenvalue weighted by atomic mass is 32.1. The molecule has 0 radical (unpaired) electrons. The van der Waals surface area contributed by atoms with Crippen molar-refractivity contribution in [2.75, 3.05) is 20.2 Å². The summed E-state index contributed by atoms with van der Waals surface area (Å²) < 4.78 is 5.24. The number of aromatic nitrogens is 1. The Morgan fingerprint density at radius 1 is 1.09 bits per heavy atom. The van der Waals surface area contributed by atoms with Crippen molar-refractivity contribution in [3.63, 3.8) is 0 Å². The van der Waals surface area contributed by atoms with Crippen molar-refractivity contribution >= 4 is 11.3 Å². The van der Waals surface area contributed by atoms with Gasteiger partial charge in [0.2, 0.25) is 0 Å². The fraction of sp³-hybridized carbons (Fsp3) is 0.444. The third-order valence-corrected chi connectivity index (χ3v) is 7.58. The number of aliphatic hydroxyl groups is 1. The number of ether oxygens (including phenoxy) is 1. The van der Waals surface area contributed by atoms with Gasteiger partial charge in [-0.05, 0) is 75.0 Å². The lowest BCUT2D eigenvalue weighted by Crippen LogP contribution is -2.33. The molecule has 1 unspecified atom stereocenters. The summed E-state index contributed by atoms with van der Waals surface area (Å²) in [4.78, 5) is 8.49. The number of rotatable bonds is 9. The number of thiazole rings is 1. The summed E-state index contributed by atoms with van der Waals surface area (Å²) in [7, 11) is 1.67. The second-order valence-corrected chi connectivity index (χ2v) is 10.1. The predicted molar refractivity (Wildman–Crippen MR) is 132 cm³/mol. The summed E-state index contributed by atoms with van der Waals surface area (Å²) in [5.74, 6) is 1.62. The lowest BCUT2D eigenvalue weighted by atomic mass is 9.91. The van der Waals surface area contributed by atoms with E-state index >= 15 is 0 Å². The second kappa shape index (κ2) is 11.1. The lowest BCUT2D eigenvalue weighted by molar-refractivity contribution is 0.146. The van der Waals surface area contributed by atoms with Crippen molar-refractivity contribution in [2.45, 2.75) is 51.7 Å². The van der Waals surface area contributed by atoms with Gasteiger partial charge in [-0.15, -0.1) is 11.3 Å². The number of benzene rings is 2. The van der Waals surface area contributed by atoms with Gasteiger partial charge < -0.3 is 9.84 Å². The highest BCUT2D eigenvalue weighted by molar-refractivity contribution is 7.12. The van der Waals surface area contributed by atoms with Crippen LogP contribution in [0, 0.1) is 12.8 Å². The van der Waals surface area contributed by atoms with Gasteiger partial charge >= 0.3 is 0 Å². The molecular formula is C27H34N2O2S. The van der Waals surface area contributed by atoms with E-state index in [1.165, 1.54) is 37.9 Å². The van der Waals surface area contributed by atoms with Crippen LogP contribution in [-0.2, 0) is 6.54 Å². The van der Waals surface area contributed by atoms with Crippen LogP contribution < -0.4 is 4.74 Å². The maximum absolute atomic E-state index is 10.7. The van der Waals surface area contributed by atoms with Crippen LogP contribution in [0.5, 0.6) is 5.75 Å². The van der Waals surface area contributed by atoms with E-state index < -0.39 is 6.10 Å². The van der Waals surface area contributed by atoms with Crippen LogP contribution in [0.4, 0.5) is 0 Å². The van der Waals surface area contributed by atoms with Crippen molar-refractivity contribution in [3.05, 3.63) is 70.0 Å². The maximum Gasteiger partial charge on any atom is 0.122 e. The molecule has 1 aromatic heterocycles. The summed E-state index contributed by atoms with van der Waals surface area (Å²) in [6.07, 6.45) is 5.11. The molecule has 4 rings (SSSR count). The Morgan fingerprint density at radius 3 is 2.50 bits per heavy atom. The van der Waals surface area contributed by atoms with Gasteiger partial charge in [0.1, 0.15) is 16.9 Å². The van der Waals surface area contributed by atoms with E-state index in [-0.39, 0.29) is 0 Å². The molecule has 0 saturated carbocycles. The van der Waals surface area contributed by atoms with Gasteiger partial charge in [-0.1, -0.05) is 43.2 Å². The van der Waals surface area contributed by atoms with Crippen molar-refractivity contribution < 1.29 is 9.84 Å². The normalized spacial score (nSPS) is 16.2. The summed E-state index contributed by atoms with van der Waals surface area (Å²) in [6.45, 7) is 5.50. The molecule has 4 nitrogen and oxygen atoms in total. The van der Waals surface area contributed by atoms with Crippen LogP contribution in [0.25, 0.3) is 11.3 Å². The van der Waals surface area contributed by atoms with E-state index in [0.717, 1.165) is 52.2 Å². The molecule has 1 fully saturated rings. The minimum Gasteiger partial charge on any atom is -0.497 e. The molecule has 5 heteroatoms. The van der Waals surface area contributed by atoms with Crippen molar-refractivity contribution in [2.24, 2.45) is 5.92 Å². The minimum atomic E-state index is -0.469. The van der Waals surface area contributed by atoms with Crippen LogP contribution in [0.1, 0.15) is 53.7 Å². The Bertz CT molecular complexity index is 963. The molecule has 1 N–H and O–H groups in total. The van der Waals surface area contributed by atoms with E-state index in [0.29, 0.717) is 0 Å². The Kier molecular flexibility index (Phi) is 7.95. The standard InChI is InChI=1S/C27H34N2O2S/c1-20-26(23-11-13-24(31-2)14-12-23)28-27(32-20)25(30)10-6-9-21-15-17-29(18-16-21)19-22-7-4-3-5-8-22/h3-5,7-8,11-14,21,25,30H,6,9-10,15-19H2,1-2H3. The third-order valence-electron chi connectivity index (χ3n) is 6.51. The van der Waals surface area contributed by atoms with Gasteiger partial charge in [-0.3, -0.25) is 4.90 Å². The van der Waals surface area contributed by atoms with Crippen LogP contribution in [-0.4, -0.2) is 35.2 Å².